The fourth-order valence-corrected chi connectivity index (χ4v) is 3.51. The lowest BCUT2D eigenvalue weighted by molar-refractivity contribution is -0.137. The molecule has 2 fully saturated rings. The van der Waals surface area contributed by atoms with Crippen LogP contribution in [-0.4, -0.2) is 53.2 Å². The molecule has 2 aliphatic rings. The van der Waals surface area contributed by atoms with Gasteiger partial charge >= 0.3 is 6.18 Å². The van der Waals surface area contributed by atoms with Gasteiger partial charge < -0.3 is 5.11 Å². The Hall–Kier alpha value is -1.11. The van der Waals surface area contributed by atoms with Crippen LogP contribution >= 0.6 is 0 Å². The minimum Gasteiger partial charge on any atom is -0.390 e. The number of benzene rings is 1. The van der Waals surface area contributed by atoms with E-state index in [0.29, 0.717) is 18.7 Å². The van der Waals surface area contributed by atoms with Crippen molar-refractivity contribution in [2.75, 3.05) is 26.2 Å². The van der Waals surface area contributed by atoms with Gasteiger partial charge in [0.2, 0.25) is 0 Å². The molecule has 0 radical (unpaired) electrons. The van der Waals surface area contributed by atoms with E-state index in [1.807, 2.05) is 4.90 Å². The second-order valence-corrected chi connectivity index (χ2v) is 6.27. The van der Waals surface area contributed by atoms with Crippen LogP contribution in [0.4, 0.5) is 13.2 Å². The number of aliphatic hydroxyl groups is 1. The topological polar surface area (TPSA) is 26.7 Å². The zero-order chi connectivity index (χ0) is 15.7. The van der Waals surface area contributed by atoms with Gasteiger partial charge in [-0.1, -0.05) is 18.2 Å². The maximum absolute atomic E-state index is 12.7. The minimum absolute atomic E-state index is 0.119. The largest absolute Gasteiger partial charge is 0.416 e. The quantitative estimate of drug-likeness (QED) is 0.928. The summed E-state index contributed by atoms with van der Waals surface area (Å²) in [6.07, 6.45) is -2.39. The van der Waals surface area contributed by atoms with Crippen molar-refractivity contribution < 1.29 is 18.3 Å². The average Bonchev–Trinajstić information content (AvgIpc) is 3.07. The number of nitrogens with zero attached hydrogens (tertiary/aromatic N) is 2. The van der Waals surface area contributed by atoms with E-state index in [-0.39, 0.29) is 6.04 Å². The second kappa shape index (κ2) is 6.18. The summed E-state index contributed by atoms with van der Waals surface area (Å²) >= 11 is 0. The SMILES string of the molecule is O[C@@H]1CN(Cc2cccc(C(F)(F)F)c2)C[C@H]1N1CCCC1. The Morgan fingerprint density at radius 1 is 1.14 bits per heavy atom. The monoisotopic (exact) mass is 314 g/mol. The Labute approximate surface area is 128 Å². The van der Waals surface area contributed by atoms with Crippen molar-refractivity contribution in [3.05, 3.63) is 35.4 Å². The van der Waals surface area contributed by atoms with Crippen LogP contribution in [0.3, 0.4) is 0 Å². The molecule has 0 spiro atoms. The van der Waals surface area contributed by atoms with Crippen LogP contribution in [0.2, 0.25) is 0 Å². The number of hydrogen-bond acceptors (Lipinski definition) is 3. The molecule has 0 amide bonds. The summed E-state index contributed by atoms with van der Waals surface area (Å²) in [4.78, 5) is 4.35. The van der Waals surface area contributed by atoms with Crippen molar-refractivity contribution in [2.45, 2.75) is 37.7 Å². The third-order valence-electron chi connectivity index (χ3n) is 4.60. The molecule has 0 aliphatic carbocycles. The molecule has 3 nitrogen and oxygen atoms in total. The van der Waals surface area contributed by atoms with E-state index in [1.165, 1.54) is 12.1 Å². The maximum Gasteiger partial charge on any atom is 0.416 e. The molecule has 2 aliphatic heterocycles. The summed E-state index contributed by atoms with van der Waals surface area (Å²) in [6, 6.07) is 5.58. The van der Waals surface area contributed by atoms with Gasteiger partial charge in [0.25, 0.3) is 0 Å². The van der Waals surface area contributed by atoms with Crippen molar-refractivity contribution in [1.29, 1.82) is 0 Å². The normalized spacial score (nSPS) is 27.6. The molecule has 6 heteroatoms. The molecule has 1 aromatic carbocycles. The third-order valence-corrected chi connectivity index (χ3v) is 4.60. The van der Waals surface area contributed by atoms with Crippen LogP contribution < -0.4 is 0 Å². The molecule has 0 saturated carbocycles. The van der Waals surface area contributed by atoms with Crippen LogP contribution in [-0.2, 0) is 12.7 Å². The minimum atomic E-state index is -4.31. The van der Waals surface area contributed by atoms with Gasteiger partial charge in [-0.15, -0.1) is 0 Å². The highest BCUT2D eigenvalue weighted by Gasteiger charge is 2.36. The average molecular weight is 314 g/mol. The van der Waals surface area contributed by atoms with E-state index in [1.54, 1.807) is 6.07 Å². The highest BCUT2D eigenvalue weighted by Crippen LogP contribution is 2.30. The standard InChI is InChI=1S/C16H21F3N2O/c17-16(18,19)13-5-3-4-12(8-13)9-20-10-14(15(22)11-20)21-6-1-2-7-21/h3-5,8,14-15,22H,1-2,6-7,9-11H2/t14-,15-/m1/s1. The molecule has 0 bridgehead atoms. The molecule has 0 unspecified atom stereocenters. The van der Waals surface area contributed by atoms with Crippen LogP contribution in [0.15, 0.2) is 24.3 Å². The third kappa shape index (κ3) is 3.45. The molecule has 122 valence electrons. The Kier molecular flexibility index (Phi) is 4.43. The van der Waals surface area contributed by atoms with Crippen molar-refractivity contribution in [1.82, 2.24) is 9.80 Å². The molecular formula is C16H21F3N2O. The van der Waals surface area contributed by atoms with Gasteiger partial charge in [0, 0.05) is 25.7 Å². The van der Waals surface area contributed by atoms with Gasteiger partial charge in [0.05, 0.1) is 11.7 Å². The van der Waals surface area contributed by atoms with Gasteiger partial charge in [-0.2, -0.15) is 13.2 Å². The van der Waals surface area contributed by atoms with Crippen molar-refractivity contribution in [2.24, 2.45) is 0 Å². The Morgan fingerprint density at radius 2 is 1.86 bits per heavy atom. The van der Waals surface area contributed by atoms with Crippen molar-refractivity contribution in [3.8, 4) is 0 Å². The summed E-state index contributed by atoms with van der Waals surface area (Å²) in [5.41, 5.74) is 0.0323. The number of hydrogen-bond donors (Lipinski definition) is 1. The van der Waals surface area contributed by atoms with Crippen molar-refractivity contribution in [3.63, 3.8) is 0 Å². The van der Waals surface area contributed by atoms with E-state index in [4.69, 9.17) is 0 Å². The number of aliphatic hydroxyl groups excluding tert-OH is 1. The molecule has 3 rings (SSSR count). The van der Waals surface area contributed by atoms with Crippen LogP contribution in [0.5, 0.6) is 0 Å². The second-order valence-electron chi connectivity index (χ2n) is 6.27. The number of alkyl halides is 3. The summed E-state index contributed by atoms with van der Waals surface area (Å²) in [5, 5.41) is 10.2. The molecule has 1 N–H and O–H groups in total. The number of β-amino-alcohol motifs (C(OH)–C–C–N with tert-alkyl or cyclic N) is 1. The van der Waals surface area contributed by atoms with Crippen LogP contribution in [0.1, 0.15) is 24.0 Å². The molecule has 22 heavy (non-hydrogen) atoms. The molecule has 2 atom stereocenters. The molecule has 2 heterocycles. The summed E-state index contributed by atoms with van der Waals surface area (Å²) < 4.78 is 38.2. The predicted octanol–water partition coefficient (Wildman–Crippen LogP) is 2.35. The summed E-state index contributed by atoms with van der Waals surface area (Å²) in [6.45, 7) is 3.72. The van der Waals surface area contributed by atoms with Crippen molar-refractivity contribution >= 4 is 0 Å². The van der Waals surface area contributed by atoms with Crippen LogP contribution in [0, 0.1) is 0 Å². The Balaban J connectivity index is 1.64. The van der Waals surface area contributed by atoms with Gasteiger partial charge in [-0.05, 0) is 37.6 Å². The highest BCUT2D eigenvalue weighted by atomic mass is 19.4. The zero-order valence-electron chi connectivity index (χ0n) is 12.4. The fourth-order valence-electron chi connectivity index (χ4n) is 3.51. The first-order chi connectivity index (χ1) is 10.4. The molecule has 1 aromatic rings. The predicted molar refractivity (Wildman–Crippen MR) is 77.3 cm³/mol. The van der Waals surface area contributed by atoms with E-state index in [9.17, 15) is 18.3 Å². The molecule has 2 saturated heterocycles. The van der Waals surface area contributed by atoms with Gasteiger partial charge in [0.15, 0.2) is 0 Å². The molecule has 0 aromatic heterocycles. The number of rotatable bonds is 3. The first kappa shape index (κ1) is 15.8. The zero-order valence-corrected chi connectivity index (χ0v) is 12.4. The number of likely N-dealkylation sites (tertiary alicyclic amines) is 2. The lowest BCUT2D eigenvalue weighted by atomic mass is 10.1. The Morgan fingerprint density at radius 3 is 2.55 bits per heavy atom. The smallest absolute Gasteiger partial charge is 0.390 e. The number of halogens is 3. The summed E-state index contributed by atoms with van der Waals surface area (Å²) in [7, 11) is 0. The van der Waals surface area contributed by atoms with E-state index < -0.39 is 17.8 Å². The maximum atomic E-state index is 12.7. The van der Waals surface area contributed by atoms with E-state index in [0.717, 1.165) is 38.5 Å². The van der Waals surface area contributed by atoms with E-state index >= 15 is 0 Å². The van der Waals surface area contributed by atoms with E-state index in [2.05, 4.69) is 4.90 Å². The van der Waals surface area contributed by atoms with Gasteiger partial charge in [-0.25, -0.2) is 0 Å². The van der Waals surface area contributed by atoms with Gasteiger partial charge in [0.1, 0.15) is 0 Å². The van der Waals surface area contributed by atoms with Crippen LogP contribution in [0.25, 0.3) is 0 Å². The van der Waals surface area contributed by atoms with Gasteiger partial charge in [-0.3, -0.25) is 9.80 Å². The molecular weight excluding hydrogens is 293 g/mol. The Bertz CT molecular complexity index is 514. The fraction of sp³-hybridized carbons (Fsp3) is 0.625. The highest BCUT2D eigenvalue weighted by molar-refractivity contribution is 5.25. The lowest BCUT2D eigenvalue weighted by Gasteiger charge is -2.25. The lowest BCUT2D eigenvalue weighted by Crippen LogP contribution is -2.41. The first-order valence-corrected chi connectivity index (χ1v) is 7.74. The first-order valence-electron chi connectivity index (χ1n) is 7.74. The summed E-state index contributed by atoms with van der Waals surface area (Å²) in [5.74, 6) is 0.